The van der Waals surface area contributed by atoms with Gasteiger partial charge < -0.3 is 10.1 Å². The lowest BCUT2D eigenvalue weighted by molar-refractivity contribution is -0.000183. The predicted molar refractivity (Wildman–Crippen MR) is 101 cm³/mol. The van der Waals surface area contributed by atoms with Gasteiger partial charge in [0.05, 0.1) is 5.69 Å². The van der Waals surface area contributed by atoms with Gasteiger partial charge in [0, 0.05) is 28.5 Å². The summed E-state index contributed by atoms with van der Waals surface area (Å²) in [6.45, 7) is 4.11. The summed E-state index contributed by atoms with van der Waals surface area (Å²) in [6.07, 6.45) is 1.20. The quantitative estimate of drug-likeness (QED) is 0.719. The highest BCUT2D eigenvalue weighted by molar-refractivity contribution is 9.10. The number of hydrogen-bond donors (Lipinski definition) is 1. The number of cyclic esters (lactones) is 1. The molecule has 5 heteroatoms. The largest absolute Gasteiger partial charge is 0.438 e. The fraction of sp³-hybridized carbons (Fsp3) is 0.316. The van der Waals surface area contributed by atoms with Gasteiger partial charge in [-0.05, 0) is 55.3 Å². The third kappa shape index (κ3) is 2.88. The van der Waals surface area contributed by atoms with Crippen LogP contribution in [0.25, 0.3) is 0 Å². The van der Waals surface area contributed by atoms with Crippen molar-refractivity contribution in [1.29, 1.82) is 0 Å². The van der Waals surface area contributed by atoms with Crippen LogP contribution >= 0.6 is 15.9 Å². The summed E-state index contributed by atoms with van der Waals surface area (Å²) in [5.41, 5.74) is 3.40. The van der Waals surface area contributed by atoms with Gasteiger partial charge in [-0.3, -0.25) is 4.90 Å². The molecule has 0 bridgehead atoms. The maximum atomic E-state index is 12.2. The van der Waals surface area contributed by atoms with Crippen LogP contribution in [0.1, 0.15) is 32.3 Å². The molecular formula is C19H21BrN2O2. The van der Waals surface area contributed by atoms with Crippen molar-refractivity contribution < 1.29 is 9.53 Å². The van der Waals surface area contributed by atoms with Gasteiger partial charge in [-0.1, -0.05) is 29.8 Å². The van der Waals surface area contributed by atoms with E-state index in [1.54, 1.807) is 11.9 Å². The molecule has 0 saturated carbocycles. The Balaban J connectivity index is 2.01. The Bertz CT molecular complexity index is 754. The zero-order valence-electron chi connectivity index (χ0n) is 14.1. The van der Waals surface area contributed by atoms with Crippen molar-refractivity contribution in [3.63, 3.8) is 0 Å². The maximum Gasteiger partial charge on any atom is 0.414 e. The highest BCUT2D eigenvalue weighted by atomic mass is 79.9. The van der Waals surface area contributed by atoms with Crippen molar-refractivity contribution in [2.75, 3.05) is 17.3 Å². The van der Waals surface area contributed by atoms with Crippen LogP contribution in [-0.4, -0.2) is 13.1 Å². The smallest absolute Gasteiger partial charge is 0.414 e. The van der Waals surface area contributed by atoms with Crippen LogP contribution in [0.4, 0.5) is 21.9 Å². The van der Waals surface area contributed by atoms with Gasteiger partial charge in [-0.2, -0.15) is 0 Å². The fourth-order valence-electron chi connectivity index (χ4n) is 3.14. The van der Waals surface area contributed by atoms with E-state index in [1.807, 2.05) is 36.4 Å². The molecule has 1 heterocycles. The summed E-state index contributed by atoms with van der Waals surface area (Å²) in [7, 11) is 1.75. The zero-order chi connectivity index (χ0) is 17.3. The molecule has 1 amide bonds. The number of rotatable bonds is 4. The molecular weight excluding hydrogens is 368 g/mol. The van der Waals surface area contributed by atoms with E-state index in [-0.39, 0.29) is 6.09 Å². The second-order valence-corrected chi connectivity index (χ2v) is 6.91. The van der Waals surface area contributed by atoms with Gasteiger partial charge in [0.25, 0.3) is 0 Å². The van der Waals surface area contributed by atoms with Crippen molar-refractivity contribution in [1.82, 2.24) is 0 Å². The van der Waals surface area contributed by atoms with Gasteiger partial charge in [0.2, 0.25) is 0 Å². The van der Waals surface area contributed by atoms with Crippen LogP contribution < -0.4 is 10.2 Å². The van der Waals surface area contributed by atoms with Gasteiger partial charge in [-0.15, -0.1) is 0 Å². The number of halogens is 1. The summed E-state index contributed by atoms with van der Waals surface area (Å²) in [4.78, 5) is 13.8. The maximum absolute atomic E-state index is 12.2. The Morgan fingerprint density at radius 1 is 1.08 bits per heavy atom. The average molecular weight is 389 g/mol. The summed E-state index contributed by atoms with van der Waals surface area (Å²) in [5, 5.41) is 3.41. The Kier molecular flexibility index (Phi) is 4.54. The van der Waals surface area contributed by atoms with E-state index >= 15 is 0 Å². The minimum absolute atomic E-state index is 0.292. The molecule has 0 aliphatic carbocycles. The van der Waals surface area contributed by atoms with E-state index < -0.39 is 5.60 Å². The molecule has 0 fully saturated rings. The summed E-state index contributed by atoms with van der Waals surface area (Å²) in [5.74, 6) is 0. The summed E-state index contributed by atoms with van der Waals surface area (Å²) in [6, 6.07) is 14.1. The van der Waals surface area contributed by atoms with Crippen molar-refractivity contribution in [2.45, 2.75) is 32.3 Å². The lowest BCUT2D eigenvalue weighted by Gasteiger charge is -2.41. The van der Waals surface area contributed by atoms with E-state index in [0.717, 1.165) is 39.9 Å². The molecule has 0 radical (unpaired) electrons. The zero-order valence-corrected chi connectivity index (χ0v) is 15.7. The average Bonchev–Trinajstić information content (AvgIpc) is 2.60. The molecule has 0 aromatic heterocycles. The Hall–Kier alpha value is -2.01. The number of benzene rings is 2. The Morgan fingerprint density at radius 3 is 2.33 bits per heavy atom. The highest BCUT2D eigenvalue weighted by Crippen LogP contribution is 2.44. The topological polar surface area (TPSA) is 41.6 Å². The van der Waals surface area contributed by atoms with Crippen LogP contribution in [0.2, 0.25) is 0 Å². The SMILES string of the molecule is CCC1(CC)OC(=O)N(C)c2ccc(Nc3ccc(Br)cc3)cc21. The molecule has 2 aromatic rings. The van der Waals surface area contributed by atoms with Gasteiger partial charge in [0.1, 0.15) is 5.60 Å². The van der Waals surface area contributed by atoms with Gasteiger partial charge >= 0.3 is 6.09 Å². The monoisotopic (exact) mass is 388 g/mol. The molecule has 1 aliphatic heterocycles. The van der Waals surface area contributed by atoms with E-state index in [0.29, 0.717) is 0 Å². The third-order valence-corrected chi connectivity index (χ3v) is 5.21. The number of nitrogens with zero attached hydrogens (tertiary/aromatic N) is 1. The second kappa shape index (κ2) is 6.48. The van der Waals surface area contributed by atoms with Crippen molar-refractivity contribution in [2.24, 2.45) is 0 Å². The Morgan fingerprint density at radius 2 is 1.71 bits per heavy atom. The van der Waals surface area contributed by atoms with Gasteiger partial charge in [0.15, 0.2) is 0 Å². The number of amides is 1. The first-order chi connectivity index (χ1) is 11.5. The molecule has 1 N–H and O–H groups in total. The number of carbonyl (C=O) groups excluding carboxylic acids is 1. The molecule has 0 spiro atoms. The lowest BCUT2D eigenvalue weighted by atomic mass is 9.85. The summed E-state index contributed by atoms with van der Waals surface area (Å²) >= 11 is 3.44. The standard InChI is InChI=1S/C19H21BrN2O2/c1-4-19(5-2)16-12-15(21-14-8-6-13(20)7-9-14)10-11-17(16)22(3)18(23)24-19/h6-12,21H,4-5H2,1-3H3. The van der Waals surface area contributed by atoms with Crippen LogP contribution in [0.5, 0.6) is 0 Å². The van der Waals surface area contributed by atoms with Crippen molar-refractivity contribution >= 4 is 39.1 Å². The van der Waals surface area contributed by atoms with E-state index in [1.165, 1.54) is 0 Å². The van der Waals surface area contributed by atoms with Crippen LogP contribution in [0, 0.1) is 0 Å². The second-order valence-electron chi connectivity index (χ2n) is 5.99. The molecule has 126 valence electrons. The minimum Gasteiger partial charge on any atom is -0.438 e. The highest BCUT2D eigenvalue weighted by Gasteiger charge is 2.41. The van der Waals surface area contributed by atoms with E-state index in [4.69, 9.17) is 4.74 Å². The minimum atomic E-state index is -0.559. The first kappa shape index (κ1) is 16.8. The first-order valence-corrected chi connectivity index (χ1v) is 8.92. The fourth-order valence-corrected chi connectivity index (χ4v) is 3.40. The third-order valence-electron chi connectivity index (χ3n) is 4.68. The molecule has 3 rings (SSSR count). The number of carbonyl (C=O) groups is 1. The first-order valence-electron chi connectivity index (χ1n) is 8.13. The van der Waals surface area contributed by atoms with E-state index in [9.17, 15) is 4.79 Å². The van der Waals surface area contributed by atoms with Crippen LogP contribution in [0.3, 0.4) is 0 Å². The molecule has 0 saturated heterocycles. The molecule has 1 aliphatic rings. The molecule has 4 nitrogen and oxygen atoms in total. The number of ether oxygens (including phenoxy) is 1. The van der Waals surface area contributed by atoms with Crippen LogP contribution in [-0.2, 0) is 10.3 Å². The van der Waals surface area contributed by atoms with Crippen molar-refractivity contribution in [3.05, 3.63) is 52.5 Å². The normalized spacial score (nSPS) is 15.7. The Labute approximate surface area is 150 Å². The molecule has 2 aromatic carbocycles. The number of anilines is 3. The predicted octanol–water partition coefficient (Wildman–Crippen LogP) is 5.79. The summed E-state index contributed by atoms with van der Waals surface area (Å²) < 4.78 is 6.83. The van der Waals surface area contributed by atoms with Gasteiger partial charge in [-0.25, -0.2) is 4.79 Å². The van der Waals surface area contributed by atoms with E-state index in [2.05, 4.69) is 41.2 Å². The van der Waals surface area contributed by atoms with Crippen molar-refractivity contribution in [3.8, 4) is 0 Å². The molecule has 0 atom stereocenters. The number of fused-ring (bicyclic) bond motifs is 1. The van der Waals surface area contributed by atoms with Crippen LogP contribution in [0.15, 0.2) is 46.9 Å². The number of hydrogen-bond acceptors (Lipinski definition) is 3. The molecule has 24 heavy (non-hydrogen) atoms. The lowest BCUT2D eigenvalue weighted by Crippen LogP contribution is -2.43. The molecule has 0 unspecified atom stereocenters. The number of nitrogens with one attached hydrogen (secondary N) is 1.